The predicted octanol–water partition coefficient (Wildman–Crippen LogP) is 1.50. The number of likely N-dealkylation sites (tertiary alicyclic amines) is 1. The van der Waals surface area contributed by atoms with Gasteiger partial charge in [0.1, 0.15) is 11.4 Å². The molecule has 1 N–H and O–H groups in total. The third-order valence-electron chi connectivity index (χ3n) is 6.24. The molecule has 4 rings (SSSR count). The van der Waals surface area contributed by atoms with Gasteiger partial charge in [0.15, 0.2) is 0 Å². The second kappa shape index (κ2) is 8.45. The number of rotatable bonds is 7. The molecule has 2 heterocycles. The average molecular weight is 383 g/mol. The highest BCUT2D eigenvalue weighted by Gasteiger charge is 2.30. The Labute approximate surface area is 166 Å². The van der Waals surface area contributed by atoms with Crippen molar-refractivity contribution in [2.75, 3.05) is 56.0 Å². The number of likely N-dealkylation sites (N-methyl/N-ethyl adjacent to an activating group) is 1. The summed E-state index contributed by atoms with van der Waals surface area (Å²) in [5, 5.41) is 3.32. The molecule has 0 aromatic heterocycles. The summed E-state index contributed by atoms with van der Waals surface area (Å²) in [6.07, 6.45) is 2.37. The summed E-state index contributed by atoms with van der Waals surface area (Å²) in [7, 11) is 0. The van der Waals surface area contributed by atoms with Gasteiger partial charge in [-0.25, -0.2) is 0 Å². The molecule has 2 saturated heterocycles. The van der Waals surface area contributed by atoms with E-state index in [0.717, 1.165) is 58.8 Å². The number of hydrogen-bond acceptors (Lipinski definition) is 6. The van der Waals surface area contributed by atoms with Crippen molar-refractivity contribution in [2.24, 2.45) is 0 Å². The predicted molar refractivity (Wildman–Crippen MR) is 114 cm³/mol. The third kappa shape index (κ3) is 3.84. The fraction of sp³-hybridized carbons (Fsp3) is 0.545. The lowest BCUT2D eigenvalue weighted by Gasteiger charge is -2.37. The Bertz CT molecular complexity index is 851. The summed E-state index contributed by atoms with van der Waals surface area (Å²) in [5.41, 5.74) is 1.81. The van der Waals surface area contributed by atoms with Crippen LogP contribution in [0.25, 0.3) is 0 Å². The molecule has 0 amide bonds. The summed E-state index contributed by atoms with van der Waals surface area (Å²) in [5.74, 6) is 0. The minimum atomic E-state index is -0.345. The maximum atomic E-state index is 12.2. The molecule has 1 unspecified atom stereocenters. The highest BCUT2D eigenvalue weighted by atomic mass is 16.2. The minimum absolute atomic E-state index is 0.322. The van der Waals surface area contributed by atoms with Gasteiger partial charge in [0, 0.05) is 45.3 Å². The van der Waals surface area contributed by atoms with Gasteiger partial charge >= 0.3 is 0 Å². The van der Waals surface area contributed by atoms with Crippen LogP contribution in [0.3, 0.4) is 0 Å². The minimum Gasteiger partial charge on any atom is -0.378 e. The average Bonchev–Trinajstić information content (AvgIpc) is 3.19. The van der Waals surface area contributed by atoms with Gasteiger partial charge < -0.3 is 10.2 Å². The van der Waals surface area contributed by atoms with Crippen LogP contribution in [0.1, 0.15) is 25.3 Å². The van der Waals surface area contributed by atoms with Crippen LogP contribution in [0.15, 0.2) is 39.9 Å². The Kier molecular flexibility index (Phi) is 5.78. The number of nitrogens with one attached hydrogen (secondary N) is 1. The zero-order valence-corrected chi connectivity index (χ0v) is 16.7. The smallest absolute Gasteiger partial charge is 0.253 e. The Morgan fingerprint density at radius 3 is 2.46 bits per heavy atom. The quantitative estimate of drug-likeness (QED) is 0.733. The number of anilines is 2. The Balaban J connectivity index is 1.35. The highest BCUT2D eigenvalue weighted by molar-refractivity contribution is 5.75. The van der Waals surface area contributed by atoms with Crippen LogP contribution < -0.4 is 21.1 Å². The van der Waals surface area contributed by atoms with E-state index >= 15 is 0 Å². The summed E-state index contributed by atoms with van der Waals surface area (Å²) < 4.78 is 0. The Morgan fingerprint density at radius 1 is 1.00 bits per heavy atom. The molecule has 0 bridgehead atoms. The van der Waals surface area contributed by atoms with Crippen molar-refractivity contribution in [3.8, 4) is 0 Å². The first-order valence-corrected chi connectivity index (χ1v) is 10.5. The summed E-state index contributed by atoms with van der Waals surface area (Å²) in [6, 6.07) is 10.9. The molecule has 1 atom stereocenters. The second-order valence-electron chi connectivity index (χ2n) is 7.94. The van der Waals surface area contributed by atoms with Gasteiger partial charge in [-0.1, -0.05) is 37.3 Å². The maximum absolute atomic E-state index is 12.2. The largest absolute Gasteiger partial charge is 0.378 e. The van der Waals surface area contributed by atoms with Gasteiger partial charge in [-0.15, -0.1) is 0 Å². The zero-order valence-electron chi connectivity index (χ0n) is 16.7. The summed E-state index contributed by atoms with van der Waals surface area (Å²) in [4.78, 5) is 31.3. The van der Waals surface area contributed by atoms with Crippen LogP contribution in [0.5, 0.6) is 0 Å². The van der Waals surface area contributed by atoms with Crippen molar-refractivity contribution in [1.29, 1.82) is 0 Å². The number of piperazine rings is 1. The first kappa shape index (κ1) is 19.2. The molecule has 2 fully saturated rings. The topological polar surface area (TPSA) is 55.9 Å². The van der Waals surface area contributed by atoms with E-state index in [2.05, 4.69) is 51.2 Å². The highest BCUT2D eigenvalue weighted by Crippen LogP contribution is 2.24. The fourth-order valence-electron chi connectivity index (χ4n) is 4.58. The molecule has 6 heteroatoms. The van der Waals surface area contributed by atoms with Gasteiger partial charge in [-0.3, -0.25) is 19.4 Å². The standard InChI is InChI=1S/C22H30N4O2/c1-2-25-10-6-9-18(25)15-23-19-20(22(28)21(19)27)26-13-11-24(12-14-26)16-17-7-4-3-5-8-17/h3-5,7-8,18,23H,2,6,9-16H2,1H3. The van der Waals surface area contributed by atoms with Crippen LogP contribution in [-0.2, 0) is 6.54 Å². The van der Waals surface area contributed by atoms with Crippen molar-refractivity contribution < 1.29 is 0 Å². The van der Waals surface area contributed by atoms with Crippen LogP contribution in [0, 0.1) is 0 Å². The van der Waals surface area contributed by atoms with Crippen molar-refractivity contribution in [3.05, 3.63) is 56.3 Å². The zero-order chi connectivity index (χ0) is 19.5. The first-order valence-electron chi connectivity index (χ1n) is 10.5. The van der Waals surface area contributed by atoms with E-state index in [4.69, 9.17) is 0 Å². The van der Waals surface area contributed by atoms with E-state index in [1.165, 1.54) is 12.0 Å². The molecule has 2 aliphatic rings. The summed E-state index contributed by atoms with van der Waals surface area (Å²) >= 11 is 0. The molecule has 0 saturated carbocycles. The Hall–Kier alpha value is -2.18. The van der Waals surface area contributed by atoms with Crippen molar-refractivity contribution in [3.63, 3.8) is 0 Å². The molecule has 6 nitrogen and oxygen atoms in total. The molecule has 0 aliphatic carbocycles. The number of benzene rings is 1. The Morgan fingerprint density at radius 2 is 1.75 bits per heavy atom. The molecule has 28 heavy (non-hydrogen) atoms. The normalized spacial score (nSPS) is 21.5. The van der Waals surface area contributed by atoms with Crippen LogP contribution in [0.4, 0.5) is 11.4 Å². The number of nitrogens with zero attached hydrogens (tertiary/aromatic N) is 3. The van der Waals surface area contributed by atoms with E-state index in [-0.39, 0.29) is 10.9 Å². The van der Waals surface area contributed by atoms with Crippen molar-refractivity contribution in [1.82, 2.24) is 9.80 Å². The molecular formula is C22H30N4O2. The third-order valence-corrected chi connectivity index (χ3v) is 6.24. The van der Waals surface area contributed by atoms with Gasteiger partial charge in [0.2, 0.25) is 0 Å². The number of hydrogen-bond donors (Lipinski definition) is 1. The van der Waals surface area contributed by atoms with Crippen LogP contribution in [0.2, 0.25) is 0 Å². The molecule has 2 aromatic carbocycles. The first-order chi connectivity index (χ1) is 13.7. The van der Waals surface area contributed by atoms with E-state index in [0.29, 0.717) is 17.4 Å². The van der Waals surface area contributed by atoms with Gasteiger partial charge in [0.25, 0.3) is 10.9 Å². The van der Waals surface area contributed by atoms with Crippen LogP contribution >= 0.6 is 0 Å². The van der Waals surface area contributed by atoms with E-state index in [1.54, 1.807) is 0 Å². The summed E-state index contributed by atoms with van der Waals surface area (Å²) in [6.45, 7) is 9.40. The molecular weight excluding hydrogens is 352 g/mol. The monoisotopic (exact) mass is 382 g/mol. The SMILES string of the molecule is CCN1CCCC1CNc1c(N2CCN(Cc3ccccc3)CC2)c(=O)c1=O. The molecule has 0 radical (unpaired) electrons. The van der Waals surface area contributed by atoms with E-state index < -0.39 is 0 Å². The van der Waals surface area contributed by atoms with E-state index in [1.807, 2.05) is 6.07 Å². The fourth-order valence-corrected chi connectivity index (χ4v) is 4.58. The molecule has 2 aromatic rings. The maximum Gasteiger partial charge on any atom is 0.253 e. The van der Waals surface area contributed by atoms with E-state index in [9.17, 15) is 9.59 Å². The van der Waals surface area contributed by atoms with Gasteiger partial charge in [-0.2, -0.15) is 0 Å². The van der Waals surface area contributed by atoms with Gasteiger partial charge in [-0.05, 0) is 31.5 Å². The molecule has 2 aliphatic heterocycles. The van der Waals surface area contributed by atoms with Crippen molar-refractivity contribution >= 4 is 11.4 Å². The molecule has 0 spiro atoms. The lowest BCUT2D eigenvalue weighted by molar-refractivity contribution is 0.249. The lowest BCUT2D eigenvalue weighted by Crippen LogP contribution is -2.51. The van der Waals surface area contributed by atoms with Crippen molar-refractivity contribution in [2.45, 2.75) is 32.4 Å². The second-order valence-corrected chi connectivity index (χ2v) is 7.94. The lowest BCUT2D eigenvalue weighted by atomic mass is 10.1. The van der Waals surface area contributed by atoms with Crippen LogP contribution in [-0.4, -0.2) is 61.7 Å². The van der Waals surface area contributed by atoms with Gasteiger partial charge in [0.05, 0.1) is 0 Å². The molecule has 150 valence electrons.